The number of nitrogen functional groups attached to an aromatic ring is 1. The normalized spacial score (nSPS) is 10.6. The first-order chi connectivity index (χ1) is 5.29. The summed E-state index contributed by atoms with van der Waals surface area (Å²) in [6, 6.07) is 1.99. The third kappa shape index (κ3) is 0.774. The molecule has 2 aromatic heterocycles. The highest BCUT2D eigenvalue weighted by Gasteiger charge is 1.99. The van der Waals surface area contributed by atoms with E-state index in [4.69, 9.17) is 5.84 Å². The monoisotopic (exact) mass is 147 g/mol. The zero-order chi connectivity index (χ0) is 7.84. The van der Waals surface area contributed by atoms with Crippen LogP contribution in [0.3, 0.4) is 0 Å². The van der Waals surface area contributed by atoms with E-state index in [-0.39, 0.29) is 0 Å². The van der Waals surface area contributed by atoms with Crippen molar-refractivity contribution in [3.63, 3.8) is 0 Å². The van der Waals surface area contributed by atoms with Crippen LogP contribution >= 0.6 is 0 Å². The molecule has 0 unspecified atom stereocenters. The number of pyridine rings is 1. The van der Waals surface area contributed by atoms with Crippen LogP contribution in [-0.4, -0.2) is 9.66 Å². The number of nitrogens with zero attached hydrogens (tertiary/aromatic N) is 2. The van der Waals surface area contributed by atoms with Crippen molar-refractivity contribution in [2.24, 2.45) is 0 Å². The second-order valence-electron chi connectivity index (χ2n) is 2.61. The Morgan fingerprint density at radius 3 is 3.00 bits per heavy atom. The zero-order valence-electron chi connectivity index (χ0n) is 6.28. The van der Waals surface area contributed by atoms with Gasteiger partial charge in [0.05, 0.1) is 11.7 Å². The van der Waals surface area contributed by atoms with Gasteiger partial charge in [-0.15, -0.1) is 0 Å². The van der Waals surface area contributed by atoms with E-state index in [1.165, 1.54) is 5.39 Å². The van der Waals surface area contributed by atoms with Crippen molar-refractivity contribution in [1.29, 1.82) is 0 Å². The van der Waals surface area contributed by atoms with Gasteiger partial charge < -0.3 is 5.84 Å². The fourth-order valence-corrected chi connectivity index (χ4v) is 1.22. The Kier molecular flexibility index (Phi) is 1.12. The van der Waals surface area contributed by atoms with Crippen LogP contribution in [-0.2, 0) is 0 Å². The van der Waals surface area contributed by atoms with Crippen LogP contribution in [0.5, 0.6) is 0 Å². The first kappa shape index (κ1) is 6.22. The minimum atomic E-state index is 0.977. The molecule has 3 nitrogen and oxygen atoms in total. The molecule has 0 radical (unpaired) electrons. The van der Waals surface area contributed by atoms with Crippen molar-refractivity contribution in [3.05, 3.63) is 30.2 Å². The van der Waals surface area contributed by atoms with Crippen LogP contribution in [0.15, 0.2) is 24.7 Å². The third-order valence-electron chi connectivity index (χ3n) is 1.85. The molecule has 0 aliphatic heterocycles. The van der Waals surface area contributed by atoms with Crippen molar-refractivity contribution in [3.8, 4) is 0 Å². The molecule has 0 amide bonds. The molecular formula is C8H9N3. The number of hydrogen-bond donors (Lipinski definition) is 1. The van der Waals surface area contributed by atoms with E-state index >= 15 is 0 Å². The van der Waals surface area contributed by atoms with Crippen LogP contribution in [0, 0.1) is 6.92 Å². The van der Waals surface area contributed by atoms with Gasteiger partial charge in [-0.1, -0.05) is 0 Å². The highest BCUT2D eigenvalue weighted by molar-refractivity contribution is 5.82. The van der Waals surface area contributed by atoms with Crippen LogP contribution < -0.4 is 5.84 Å². The van der Waals surface area contributed by atoms with Crippen molar-refractivity contribution >= 4 is 10.9 Å². The molecule has 0 spiro atoms. The molecule has 2 heterocycles. The molecule has 56 valence electrons. The Labute approximate surface area is 64.4 Å². The summed E-state index contributed by atoms with van der Waals surface area (Å²) in [7, 11) is 0. The molecule has 0 bridgehead atoms. The lowest BCUT2D eigenvalue weighted by atomic mass is 10.2. The summed E-state index contributed by atoms with van der Waals surface area (Å²) in [5, 5.41) is 1.17. The maximum atomic E-state index is 5.62. The molecule has 0 aliphatic rings. The number of nitrogens with two attached hydrogens (primary N) is 1. The lowest BCUT2D eigenvalue weighted by molar-refractivity contribution is 1.06. The second-order valence-corrected chi connectivity index (χ2v) is 2.61. The summed E-state index contributed by atoms with van der Waals surface area (Å²) >= 11 is 0. The average Bonchev–Trinajstić information content (AvgIpc) is 2.35. The molecule has 11 heavy (non-hydrogen) atoms. The van der Waals surface area contributed by atoms with Gasteiger partial charge in [-0.2, -0.15) is 0 Å². The lowest BCUT2D eigenvalue weighted by Gasteiger charge is -1.96. The highest BCUT2D eigenvalue weighted by atomic mass is 15.3. The van der Waals surface area contributed by atoms with Gasteiger partial charge in [-0.25, -0.2) is 0 Å². The van der Waals surface area contributed by atoms with E-state index in [0.29, 0.717) is 0 Å². The van der Waals surface area contributed by atoms with Gasteiger partial charge >= 0.3 is 0 Å². The number of fused-ring (bicyclic) bond motifs is 1. The first-order valence-corrected chi connectivity index (χ1v) is 3.46. The molecule has 3 heteroatoms. The number of rotatable bonds is 0. The minimum absolute atomic E-state index is 0.977. The number of hydrogen-bond acceptors (Lipinski definition) is 2. The van der Waals surface area contributed by atoms with Crippen LogP contribution in [0.4, 0.5) is 0 Å². The SMILES string of the molecule is Cc1cncc2c1ccn2N. The maximum Gasteiger partial charge on any atom is 0.0875 e. The fourth-order valence-electron chi connectivity index (χ4n) is 1.22. The number of aryl methyl sites for hydroxylation is 1. The summed E-state index contributed by atoms with van der Waals surface area (Å²) in [4.78, 5) is 4.04. The van der Waals surface area contributed by atoms with E-state index in [1.54, 1.807) is 10.9 Å². The lowest BCUT2D eigenvalue weighted by Crippen LogP contribution is -2.05. The molecule has 0 aliphatic carbocycles. The van der Waals surface area contributed by atoms with Gasteiger partial charge in [0, 0.05) is 17.8 Å². The summed E-state index contributed by atoms with van der Waals surface area (Å²) in [5.41, 5.74) is 2.14. The summed E-state index contributed by atoms with van der Waals surface area (Å²) in [6.07, 6.45) is 5.43. The minimum Gasteiger partial charge on any atom is -0.339 e. The maximum absolute atomic E-state index is 5.62. The van der Waals surface area contributed by atoms with Crippen molar-refractivity contribution in [1.82, 2.24) is 9.66 Å². The van der Waals surface area contributed by atoms with E-state index in [9.17, 15) is 0 Å². The molecule has 0 atom stereocenters. The molecule has 2 aromatic rings. The summed E-state index contributed by atoms with van der Waals surface area (Å²) in [5.74, 6) is 5.62. The van der Waals surface area contributed by atoms with Gasteiger partial charge in [0.15, 0.2) is 0 Å². The Hall–Kier alpha value is -1.51. The largest absolute Gasteiger partial charge is 0.339 e. The Balaban J connectivity index is 2.94. The van der Waals surface area contributed by atoms with Gasteiger partial charge in [-0.3, -0.25) is 9.66 Å². The van der Waals surface area contributed by atoms with Crippen molar-refractivity contribution in [2.45, 2.75) is 6.92 Å². The molecule has 0 saturated heterocycles. The van der Waals surface area contributed by atoms with Crippen molar-refractivity contribution < 1.29 is 0 Å². The predicted molar refractivity (Wildman–Crippen MR) is 44.6 cm³/mol. The van der Waals surface area contributed by atoms with Crippen LogP contribution in [0.25, 0.3) is 10.9 Å². The molecular weight excluding hydrogens is 138 g/mol. The van der Waals surface area contributed by atoms with Crippen LogP contribution in [0.2, 0.25) is 0 Å². The molecule has 2 rings (SSSR count). The average molecular weight is 147 g/mol. The second kappa shape index (κ2) is 1.99. The van der Waals surface area contributed by atoms with Gasteiger partial charge in [-0.05, 0) is 18.6 Å². The van der Waals surface area contributed by atoms with E-state index < -0.39 is 0 Å². The molecule has 0 saturated carbocycles. The fraction of sp³-hybridized carbons (Fsp3) is 0.125. The Bertz CT molecular complexity index is 389. The van der Waals surface area contributed by atoms with Gasteiger partial charge in [0.25, 0.3) is 0 Å². The predicted octanol–water partition coefficient (Wildman–Crippen LogP) is 1.06. The van der Waals surface area contributed by atoms with E-state index in [0.717, 1.165) is 11.1 Å². The van der Waals surface area contributed by atoms with Crippen LogP contribution in [0.1, 0.15) is 5.56 Å². The number of aromatic nitrogens is 2. The summed E-state index contributed by atoms with van der Waals surface area (Å²) < 4.78 is 1.58. The Morgan fingerprint density at radius 2 is 2.27 bits per heavy atom. The quantitative estimate of drug-likeness (QED) is 0.566. The smallest absolute Gasteiger partial charge is 0.0875 e. The van der Waals surface area contributed by atoms with Gasteiger partial charge in [0.2, 0.25) is 0 Å². The van der Waals surface area contributed by atoms with Gasteiger partial charge in [0.1, 0.15) is 0 Å². The highest BCUT2D eigenvalue weighted by Crippen LogP contribution is 2.15. The topological polar surface area (TPSA) is 43.8 Å². The molecule has 0 fully saturated rings. The van der Waals surface area contributed by atoms with E-state index in [1.807, 2.05) is 25.4 Å². The zero-order valence-corrected chi connectivity index (χ0v) is 6.28. The Morgan fingerprint density at radius 1 is 1.45 bits per heavy atom. The molecule has 0 aromatic carbocycles. The summed E-state index contributed by atoms with van der Waals surface area (Å²) in [6.45, 7) is 2.02. The first-order valence-electron chi connectivity index (χ1n) is 3.46. The van der Waals surface area contributed by atoms with E-state index in [2.05, 4.69) is 4.98 Å². The standard InChI is InChI=1S/C8H9N3/c1-6-4-10-5-8-7(6)2-3-11(8)9/h2-5H,9H2,1H3. The molecule has 2 N–H and O–H groups in total. The van der Waals surface area contributed by atoms with Crippen molar-refractivity contribution in [2.75, 3.05) is 5.84 Å². The third-order valence-corrected chi connectivity index (χ3v) is 1.85.